The topological polar surface area (TPSA) is 46.2 Å². The van der Waals surface area contributed by atoms with Gasteiger partial charge in [0.15, 0.2) is 0 Å². The highest BCUT2D eigenvalue weighted by Gasteiger charge is 2.15. The van der Waals surface area contributed by atoms with Gasteiger partial charge in [0, 0.05) is 21.8 Å². The summed E-state index contributed by atoms with van der Waals surface area (Å²) >= 11 is 12.1. The van der Waals surface area contributed by atoms with Crippen molar-refractivity contribution >= 4 is 33.0 Å². The van der Waals surface area contributed by atoms with Gasteiger partial charge in [-0.3, -0.25) is 0 Å². The first-order valence-electron chi connectivity index (χ1n) is 6.22. The lowest BCUT2D eigenvalue weighted by molar-refractivity contribution is 0.535. The molecule has 0 saturated heterocycles. The summed E-state index contributed by atoms with van der Waals surface area (Å²) in [5.41, 5.74) is 0.908. The molecule has 0 amide bonds. The van der Waals surface area contributed by atoms with Gasteiger partial charge in [0.05, 0.1) is 5.75 Å². The number of hydrogen-bond acceptors (Lipinski definition) is 3. The highest BCUT2D eigenvalue weighted by Crippen LogP contribution is 2.28. The van der Waals surface area contributed by atoms with Crippen LogP contribution in [0.25, 0.3) is 0 Å². The first-order chi connectivity index (χ1) is 8.89. The average Bonchev–Trinajstić information content (AvgIpc) is 2.38. The monoisotopic (exact) mass is 323 g/mol. The largest absolute Gasteiger partial charge is 0.313 e. The molecule has 1 unspecified atom stereocenters. The van der Waals surface area contributed by atoms with Crippen LogP contribution in [0.5, 0.6) is 0 Å². The molecule has 6 heteroatoms. The maximum Gasteiger partial charge on any atom is 0.150 e. The number of hydrogen-bond donors (Lipinski definition) is 1. The van der Waals surface area contributed by atoms with Crippen molar-refractivity contribution in [3.63, 3.8) is 0 Å². The van der Waals surface area contributed by atoms with Crippen LogP contribution >= 0.6 is 23.2 Å². The Morgan fingerprint density at radius 1 is 1.32 bits per heavy atom. The minimum Gasteiger partial charge on any atom is -0.313 e. The van der Waals surface area contributed by atoms with Crippen molar-refractivity contribution in [3.05, 3.63) is 33.8 Å². The van der Waals surface area contributed by atoms with Crippen LogP contribution in [0.1, 0.15) is 31.4 Å². The van der Waals surface area contributed by atoms with Crippen molar-refractivity contribution in [2.75, 3.05) is 18.6 Å². The standard InChI is InChI=1S/C13H19Cl2NO2S/c1-3-19(17,18)8-4-5-13(16-2)11-9-10(14)6-7-12(11)15/h6-7,9,13,16H,3-5,8H2,1-2H3. The van der Waals surface area contributed by atoms with Crippen LogP contribution in [0, 0.1) is 0 Å². The van der Waals surface area contributed by atoms with Gasteiger partial charge in [-0.25, -0.2) is 8.42 Å². The van der Waals surface area contributed by atoms with Crippen molar-refractivity contribution in [1.29, 1.82) is 0 Å². The molecule has 108 valence electrons. The van der Waals surface area contributed by atoms with E-state index in [0.717, 1.165) is 5.56 Å². The Morgan fingerprint density at radius 3 is 2.58 bits per heavy atom. The Hall–Kier alpha value is -0.290. The molecule has 1 aromatic carbocycles. The van der Waals surface area contributed by atoms with Crippen molar-refractivity contribution in [3.8, 4) is 0 Å². The molecule has 0 saturated carbocycles. The van der Waals surface area contributed by atoms with Gasteiger partial charge in [-0.05, 0) is 43.7 Å². The quantitative estimate of drug-likeness (QED) is 0.835. The summed E-state index contributed by atoms with van der Waals surface area (Å²) in [6.07, 6.45) is 1.31. The molecule has 0 aliphatic heterocycles. The number of nitrogens with one attached hydrogen (secondary N) is 1. The number of rotatable bonds is 7. The van der Waals surface area contributed by atoms with Crippen molar-refractivity contribution in [2.24, 2.45) is 0 Å². The second-order valence-corrected chi connectivity index (χ2v) is 7.70. The van der Waals surface area contributed by atoms with Crippen LogP contribution in [-0.2, 0) is 9.84 Å². The number of halogens is 2. The Morgan fingerprint density at radius 2 is 2.00 bits per heavy atom. The molecule has 19 heavy (non-hydrogen) atoms. The highest BCUT2D eigenvalue weighted by molar-refractivity contribution is 7.91. The molecular weight excluding hydrogens is 305 g/mol. The molecule has 0 bridgehead atoms. The lowest BCUT2D eigenvalue weighted by Crippen LogP contribution is -2.18. The smallest absolute Gasteiger partial charge is 0.150 e. The summed E-state index contributed by atoms with van der Waals surface area (Å²) in [5.74, 6) is 0.398. The molecule has 0 aromatic heterocycles. The maximum absolute atomic E-state index is 11.5. The lowest BCUT2D eigenvalue weighted by atomic mass is 10.0. The van der Waals surface area contributed by atoms with E-state index >= 15 is 0 Å². The van der Waals surface area contributed by atoms with Gasteiger partial charge in [0.2, 0.25) is 0 Å². The summed E-state index contributed by atoms with van der Waals surface area (Å²) in [5, 5.41) is 4.42. The third kappa shape index (κ3) is 5.30. The fraction of sp³-hybridized carbons (Fsp3) is 0.538. The van der Waals surface area contributed by atoms with Crippen molar-refractivity contribution < 1.29 is 8.42 Å². The molecular formula is C13H19Cl2NO2S. The summed E-state index contributed by atoms with van der Waals surface area (Å²) in [6.45, 7) is 1.67. The van der Waals surface area contributed by atoms with Gasteiger partial charge >= 0.3 is 0 Å². The van der Waals surface area contributed by atoms with E-state index in [9.17, 15) is 8.42 Å². The lowest BCUT2D eigenvalue weighted by Gasteiger charge is -2.18. The molecule has 1 rings (SSSR count). The van der Waals surface area contributed by atoms with Gasteiger partial charge in [-0.15, -0.1) is 0 Å². The minimum absolute atomic E-state index is 0.0123. The fourth-order valence-electron chi connectivity index (χ4n) is 1.89. The average molecular weight is 324 g/mol. The molecule has 0 spiro atoms. The molecule has 1 N–H and O–H groups in total. The van der Waals surface area contributed by atoms with E-state index in [2.05, 4.69) is 5.32 Å². The zero-order chi connectivity index (χ0) is 14.5. The Labute approximate surface area is 125 Å². The van der Waals surface area contributed by atoms with Gasteiger partial charge in [0.25, 0.3) is 0 Å². The number of benzene rings is 1. The summed E-state index contributed by atoms with van der Waals surface area (Å²) in [6, 6.07) is 5.33. The second-order valence-electron chi connectivity index (χ2n) is 4.39. The van der Waals surface area contributed by atoms with E-state index in [-0.39, 0.29) is 17.5 Å². The maximum atomic E-state index is 11.5. The SMILES string of the molecule is CCS(=O)(=O)CCCC(NC)c1cc(Cl)ccc1Cl. The van der Waals surface area contributed by atoms with E-state index in [0.29, 0.717) is 22.9 Å². The Balaban J connectivity index is 2.71. The molecule has 0 radical (unpaired) electrons. The highest BCUT2D eigenvalue weighted by atomic mass is 35.5. The Bertz CT molecular complexity index is 517. The normalized spacial score (nSPS) is 13.5. The Kier molecular flexibility index (Phi) is 6.60. The van der Waals surface area contributed by atoms with Gasteiger partial charge in [-0.1, -0.05) is 30.1 Å². The molecule has 1 aromatic rings. The molecule has 0 aliphatic rings. The van der Waals surface area contributed by atoms with Gasteiger partial charge < -0.3 is 5.32 Å². The molecule has 1 atom stereocenters. The first kappa shape index (κ1) is 16.8. The van der Waals surface area contributed by atoms with Crippen LogP contribution in [0.4, 0.5) is 0 Å². The van der Waals surface area contributed by atoms with E-state index in [1.165, 1.54) is 0 Å². The first-order valence-corrected chi connectivity index (χ1v) is 8.80. The molecule has 0 heterocycles. The third-order valence-corrected chi connectivity index (χ3v) is 5.44. The van der Waals surface area contributed by atoms with Crippen LogP contribution in [0.3, 0.4) is 0 Å². The molecule has 0 aliphatic carbocycles. The zero-order valence-electron chi connectivity index (χ0n) is 11.1. The van der Waals surface area contributed by atoms with Crippen LogP contribution in [0.15, 0.2) is 18.2 Å². The summed E-state index contributed by atoms with van der Waals surface area (Å²) in [7, 11) is -1.08. The zero-order valence-corrected chi connectivity index (χ0v) is 13.4. The summed E-state index contributed by atoms with van der Waals surface area (Å²) < 4.78 is 22.9. The predicted octanol–water partition coefficient (Wildman–Crippen LogP) is 3.47. The predicted molar refractivity (Wildman–Crippen MR) is 81.8 cm³/mol. The van der Waals surface area contributed by atoms with Crippen LogP contribution in [-0.4, -0.2) is 27.0 Å². The summed E-state index contributed by atoms with van der Waals surface area (Å²) in [4.78, 5) is 0. The van der Waals surface area contributed by atoms with E-state index in [1.54, 1.807) is 19.1 Å². The third-order valence-electron chi connectivity index (χ3n) is 3.07. The minimum atomic E-state index is -2.91. The van der Waals surface area contributed by atoms with E-state index in [4.69, 9.17) is 23.2 Å². The van der Waals surface area contributed by atoms with Crippen molar-refractivity contribution in [1.82, 2.24) is 5.32 Å². The van der Waals surface area contributed by atoms with Gasteiger partial charge in [0.1, 0.15) is 9.84 Å². The second kappa shape index (κ2) is 7.48. The van der Waals surface area contributed by atoms with Crippen LogP contribution in [0.2, 0.25) is 10.0 Å². The van der Waals surface area contributed by atoms with E-state index < -0.39 is 9.84 Å². The van der Waals surface area contributed by atoms with Crippen LogP contribution < -0.4 is 5.32 Å². The number of sulfone groups is 1. The molecule has 3 nitrogen and oxygen atoms in total. The fourth-order valence-corrected chi connectivity index (χ4v) is 3.21. The van der Waals surface area contributed by atoms with Crippen molar-refractivity contribution in [2.45, 2.75) is 25.8 Å². The van der Waals surface area contributed by atoms with E-state index in [1.807, 2.05) is 13.1 Å². The molecule has 0 fully saturated rings. The van der Waals surface area contributed by atoms with Gasteiger partial charge in [-0.2, -0.15) is 0 Å².